The molecule has 0 amide bonds. The highest BCUT2D eigenvalue weighted by Gasteiger charge is 2.12. The molecule has 0 aliphatic rings. The molecule has 4 rings (SSSR count). The number of aromatic nitrogens is 3. The average Bonchev–Trinajstić information content (AvgIpc) is 3.10. The monoisotopic (exact) mass is 393 g/mol. The van der Waals surface area contributed by atoms with Gasteiger partial charge >= 0.3 is 0 Å². The lowest BCUT2D eigenvalue weighted by molar-refractivity contribution is 0.414. The van der Waals surface area contributed by atoms with Crippen LogP contribution in [0.1, 0.15) is 11.4 Å². The van der Waals surface area contributed by atoms with E-state index < -0.39 is 9.84 Å². The summed E-state index contributed by atoms with van der Waals surface area (Å²) in [7, 11) is -1.58. The SMILES string of the molecule is COc1ccc(Cc2nc3c(-c4ccc(S(C)(=O)=O)cc4)cccn3n2)cc1. The molecule has 0 fully saturated rings. The van der Waals surface area contributed by atoms with Gasteiger partial charge in [0, 0.05) is 24.4 Å². The fourth-order valence-electron chi connectivity index (χ4n) is 3.06. The molecule has 0 saturated carbocycles. The minimum absolute atomic E-state index is 0.296. The Labute approximate surface area is 163 Å². The summed E-state index contributed by atoms with van der Waals surface area (Å²) in [5.41, 5.74) is 3.62. The van der Waals surface area contributed by atoms with E-state index in [1.807, 2.05) is 42.6 Å². The van der Waals surface area contributed by atoms with E-state index >= 15 is 0 Å². The second-order valence-corrected chi connectivity index (χ2v) is 8.56. The number of hydrogen-bond acceptors (Lipinski definition) is 5. The van der Waals surface area contributed by atoms with Gasteiger partial charge in [0.25, 0.3) is 0 Å². The Bertz CT molecular complexity index is 1230. The highest BCUT2D eigenvalue weighted by molar-refractivity contribution is 7.90. The van der Waals surface area contributed by atoms with Gasteiger partial charge in [-0.2, -0.15) is 5.10 Å². The zero-order chi connectivity index (χ0) is 19.7. The molecule has 0 radical (unpaired) electrons. The third-order valence-corrected chi connectivity index (χ3v) is 5.65. The molecule has 0 aliphatic carbocycles. The molecule has 2 aromatic heterocycles. The van der Waals surface area contributed by atoms with Crippen LogP contribution in [0.2, 0.25) is 0 Å². The summed E-state index contributed by atoms with van der Waals surface area (Å²) in [5, 5.41) is 4.57. The third kappa shape index (κ3) is 3.61. The second kappa shape index (κ2) is 7.09. The Hall–Kier alpha value is -3.19. The van der Waals surface area contributed by atoms with E-state index in [0.717, 1.165) is 28.1 Å². The first-order valence-electron chi connectivity index (χ1n) is 8.72. The van der Waals surface area contributed by atoms with Crippen LogP contribution in [-0.2, 0) is 16.3 Å². The maximum Gasteiger partial charge on any atom is 0.175 e. The second-order valence-electron chi connectivity index (χ2n) is 6.54. The molecule has 0 N–H and O–H groups in total. The zero-order valence-corrected chi connectivity index (χ0v) is 16.3. The van der Waals surface area contributed by atoms with Gasteiger partial charge in [0.1, 0.15) is 5.75 Å². The van der Waals surface area contributed by atoms with Crippen molar-refractivity contribution in [2.75, 3.05) is 13.4 Å². The first-order chi connectivity index (χ1) is 13.4. The molecule has 0 bridgehead atoms. The van der Waals surface area contributed by atoms with Gasteiger partial charge in [-0.25, -0.2) is 17.9 Å². The molecule has 7 heteroatoms. The van der Waals surface area contributed by atoms with E-state index in [4.69, 9.17) is 9.72 Å². The number of rotatable bonds is 5. The highest BCUT2D eigenvalue weighted by atomic mass is 32.2. The topological polar surface area (TPSA) is 73.6 Å². The fourth-order valence-corrected chi connectivity index (χ4v) is 3.69. The molecule has 4 aromatic rings. The minimum atomic E-state index is -3.22. The summed E-state index contributed by atoms with van der Waals surface area (Å²) in [6, 6.07) is 18.5. The third-order valence-electron chi connectivity index (χ3n) is 4.52. The first-order valence-corrected chi connectivity index (χ1v) is 10.6. The molecule has 2 heterocycles. The molecule has 6 nitrogen and oxygen atoms in total. The van der Waals surface area contributed by atoms with E-state index in [2.05, 4.69) is 5.10 Å². The van der Waals surface area contributed by atoms with Crippen LogP contribution in [0.5, 0.6) is 5.75 Å². The van der Waals surface area contributed by atoms with Gasteiger partial charge in [0.2, 0.25) is 0 Å². The quantitative estimate of drug-likeness (QED) is 0.520. The van der Waals surface area contributed by atoms with Gasteiger partial charge in [0.15, 0.2) is 21.3 Å². The van der Waals surface area contributed by atoms with Crippen LogP contribution in [0, 0.1) is 0 Å². The molecule has 28 heavy (non-hydrogen) atoms. The van der Waals surface area contributed by atoms with Crippen LogP contribution in [0.3, 0.4) is 0 Å². The van der Waals surface area contributed by atoms with E-state index in [-0.39, 0.29) is 0 Å². The predicted octanol–water partition coefficient (Wildman–Crippen LogP) is 3.40. The predicted molar refractivity (Wildman–Crippen MR) is 107 cm³/mol. The average molecular weight is 393 g/mol. The van der Waals surface area contributed by atoms with Gasteiger partial charge in [-0.3, -0.25) is 0 Å². The van der Waals surface area contributed by atoms with Gasteiger partial charge in [-0.1, -0.05) is 24.3 Å². The maximum absolute atomic E-state index is 11.7. The summed E-state index contributed by atoms with van der Waals surface area (Å²) < 4.78 is 30.3. The van der Waals surface area contributed by atoms with Gasteiger partial charge < -0.3 is 4.74 Å². The Morgan fingerprint density at radius 3 is 2.36 bits per heavy atom. The number of ether oxygens (including phenoxy) is 1. The Kier molecular flexibility index (Phi) is 4.60. The van der Waals surface area contributed by atoms with Crippen LogP contribution in [0.15, 0.2) is 71.8 Å². The molecule has 0 saturated heterocycles. The molecule has 0 unspecified atom stereocenters. The molecule has 142 valence electrons. The van der Waals surface area contributed by atoms with E-state index in [1.165, 1.54) is 6.26 Å². The number of methoxy groups -OCH3 is 1. The van der Waals surface area contributed by atoms with Crippen LogP contribution in [-0.4, -0.2) is 36.4 Å². The van der Waals surface area contributed by atoms with Gasteiger partial charge in [0.05, 0.1) is 12.0 Å². The van der Waals surface area contributed by atoms with Crippen LogP contribution >= 0.6 is 0 Å². The first kappa shape index (κ1) is 18.2. The molecule has 0 spiro atoms. The van der Waals surface area contributed by atoms with Crippen molar-refractivity contribution in [1.82, 2.24) is 14.6 Å². The molecule has 2 aromatic carbocycles. The number of benzene rings is 2. The fraction of sp³-hybridized carbons (Fsp3) is 0.143. The summed E-state index contributed by atoms with van der Waals surface area (Å²) in [6.45, 7) is 0. The van der Waals surface area contributed by atoms with E-state index in [9.17, 15) is 8.42 Å². The lowest BCUT2D eigenvalue weighted by Gasteiger charge is -2.04. The van der Waals surface area contributed by atoms with Crippen molar-refractivity contribution >= 4 is 15.5 Å². The largest absolute Gasteiger partial charge is 0.497 e. The highest BCUT2D eigenvalue weighted by Crippen LogP contribution is 2.25. The smallest absolute Gasteiger partial charge is 0.175 e. The van der Waals surface area contributed by atoms with E-state index in [0.29, 0.717) is 17.1 Å². The van der Waals surface area contributed by atoms with Crippen molar-refractivity contribution in [2.45, 2.75) is 11.3 Å². The minimum Gasteiger partial charge on any atom is -0.497 e. The zero-order valence-electron chi connectivity index (χ0n) is 15.5. The normalized spacial score (nSPS) is 11.6. The van der Waals surface area contributed by atoms with Crippen LogP contribution in [0.4, 0.5) is 0 Å². The number of pyridine rings is 1. The molecular weight excluding hydrogens is 374 g/mol. The maximum atomic E-state index is 11.7. The van der Waals surface area contributed by atoms with Crippen LogP contribution < -0.4 is 4.74 Å². The number of nitrogens with zero attached hydrogens (tertiary/aromatic N) is 3. The molecule has 0 atom stereocenters. The number of sulfone groups is 1. The summed E-state index contributed by atoms with van der Waals surface area (Å²) in [6.07, 6.45) is 3.67. The number of fused-ring (bicyclic) bond motifs is 1. The van der Waals surface area contributed by atoms with Crippen molar-refractivity contribution in [3.63, 3.8) is 0 Å². The van der Waals surface area contributed by atoms with Gasteiger partial charge in [-0.05, 0) is 47.5 Å². The summed E-state index contributed by atoms with van der Waals surface area (Å²) >= 11 is 0. The standard InChI is InChI=1S/C21H19N3O3S/c1-27-17-9-5-15(6-10-17)14-20-22-21-19(4-3-13-24(21)23-20)16-7-11-18(12-8-16)28(2,25)26/h3-13H,14H2,1-2H3. The summed E-state index contributed by atoms with van der Waals surface area (Å²) in [4.78, 5) is 5.00. The lowest BCUT2D eigenvalue weighted by atomic mass is 10.1. The number of hydrogen-bond donors (Lipinski definition) is 0. The van der Waals surface area contributed by atoms with Crippen LogP contribution in [0.25, 0.3) is 16.8 Å². The van der Waals surface area contributed by atoms with Crippen molar-refractivity contribution < 1.29 is 13.2 Å². The summed E-state index contributed by atoms with van der Waals surface area (Å²) in [5.74, 6) is 1.52. The molecular formula is C21H19N3O3S. The Morgan fingerprint density at radius 1 is 1.00 bits per heavy atom. The van der Waals surface area contributed by atoms with Crippen molar-refractivity contribution in [2.24, 2.45) is 0 Å². The Balaban J connectivity index is 1.68. The van der Waals surface area contributed by atoms with Gasteiger partial charge in [-0.15, -0.1) is 0 Å². The van der Waals surface area contributed by atoms with Crippen molar-refractivity contribution in [1.29, 1.82) is 0 Å². The lowest BCUT2D eigenvalue weighted by Crippen LogP contribution is -1.96. The van der Waals surface area contributed by atoms with Crippen molar-refractivity contribution in [3.05, 3.63) is 78.2 Å². The molecule has 0 aliphatic heterocycles. The van der Waals surface area contributed by atoms with E-state index in [1.54, 1.807) is 35.9 Å². The van der Waals surface area contributed by atoms with Crippen molar-refractivity contribution in [3.8, 4) is 16.9 Å². The Morgan fingerprint density at radius 2 is 1.71 bits per heavy atom.